The van der Waals surface area contributed by atoms with E-state index in [1.54, 1.807) is 22.8 Å². The molecule has 3 N–H and O–H groups in total. The predicted octanol–water partition coefficient (Wildman–Crippen LogP) is 0.544. The van der Waals surface area contributed by atoms with E-state index < -0.39 is 5.97 Å². The van der Waals surface area contributed by atoms with Crippen LogP contribution in [0.1, 0.15) is 0 Å². The summed E-state index contributed by atoms with van der Waals surface area (Å²) in [5, 5.41) is 7.70. The molecule has 3 heterocycles. The van der Waals surface area contributed by atoms with Gasteiger partial charge in [-0.25, -0.2) is 4.52 Å². The summed E-state index contributed by atoms with van der Waals surface area (Å²) in [4.78, 5) is 18.3. The lowest BCUT2D eigenvalue weighted by Crippen LogP contribution is -2.44. The minimum Gasteiger partial charge on any atom is -0.476 e. The van der Waals surface area contributed by atoms with Crippen molar-refractivity contribution in [3.05, 3.63) is 42.7 Å². The van der Waals surface area contributed by atoms with Crippen LogP contribution in [0.2, 0.25) is 0 Å². The quantitative estimate of drug-likeness (QED) is 0.440. The van der Waals surface area contributed by atoms with Gasteiger partial charge in [0.25, 0.3) is 0 Å². The van der Waals surface area contributed by atoms with Crippen LogP contribution in [0.4, 0.5) is 0 Å². The van der Waals surface area contributed by atoms with E-state index in [0.717, 1.165) is 43.9 Å². The SMILES string of the molecule is NCC(=O)Oc1ccc(-c2cnn3ccc(OCCN4CCNCC4)nc23)cc1. The molecule has 0 spiro atoms. The minimum absolute atomic E-state index is 0.156. The number of esters is 1. The zero-order valence-electron chi connectivity index (χ0n) is 16.1. The van der Waals surface area contributed by atoms with Gasteiger partial charge in [-0.2, -0.15) is 10.1 Å². The standard InChI is InChI=1S/C20H24N6O3/c21-13-19(27)29-16-3-1-15(2-4-16)17-14-23-26-8-5-18(24-20(17)26)28-12-11-25-9-6-22-7-10-25/h1-5,8,14,22H,6-7,9-13,21H2. The van der Waals surface area contributed by atoms with E-state index in [0.29, 0.717) is 23.9 Å². The second-order valence-electron chi connectivity index (χ2n) is 6.73. The van der Waals surface area contributed by atoms with Crippen LogP contribution in [0.3, 0.4) is 0 Å². The van der Waals surface area contributed by atoms with E-state index in [4.69, 9.17) is 15.2 Å². The molecule has 3 aromatic rings. The van der Waals surface area contributed by atoms with Gasteiger partial charge in [0.1, 0.15) is 12.4 Å². The number of carbonyl (C=O) groups excluding carboxylic acids is 1. The Kier molecular flexibility index (Phi) is 5.99. The van der Waals surface area contributed by atoms with Crippen molar-refractivity contribution in [3.8, 4) is 22.8 Å². The number of benzene rings is 1. The molecule has 0 unspecified atom stereocenters. The van der Waals surface area contributed by atoms with Crippen molar-refractivity contribution in [2.24, 2.45) is 5.73 Å². The maximum absolute atomic E-state index is 11.3. The van der Waals surface area contributed by atoms with Gasteiger partial charge in [0, 0.05) is 50.6 Å². The van der Waals surface area contributed by atoms with Gasteiger partial charge in [0.05, 0.1) is 12.7 Å². The lowest BCUT2D eigenvalue weighted by Gasteiger charge is -2.26. The van der Waals surface area contributed by atoms with Gasteiger partial charge in [0.2, 0.25) is 5.88 Å². The molecule has 4 rings (SSSR count). The van der Waals surface area contributed by atoms with Gasteiger partial charge in [-0.05, 0) is 17.7 Å². The van der Waals surface area contributed by atoms with Gasteiger partial charge < -0.3 is 20.5 Å². The lowest BCUT2D eigenvalue weighted by molar-refractivity contribution is -0.132. The highest BCUT2D eigenvalue weighted by atomic mass is 16.5. The number of piperazine rings is 1. The first-order valence-electron chi connectivity index (χ1n) is 9.64. The molecular weight excluding hydrogens is 372 g/mol. The van der Waals surface area contributed by atoms with Crippen LogP contribution >= 0.6 is 0 Å². The highest BCUT2D eigenvalue weighted by molar-refractivity contribution is 5.78. The fraction of sp³-hybridized carbons (Fsp3) is 0.350. The van der Waals surface area contributed by atoms with E-state index in [1.807, 2.05) is 24.4 Å². The number of hydrogen-bond donors (Lipinski definition) is 2. The zero-order valence-corrected chi connectivity index (χ0v) is 16.1. The average Bonchev–Trinajstić information content (AvgIpc) is 3.18. The highest BCUT2D eigenvalue weighted by Crippen LogP contribution is 2.26. The Balaban J connectivity index is 1.45. The molecule has 0 aliphatic carbocycles. The summed E-state index contributed by atoms with van der Waals surface area (Å²) >= 11 is 0. The van der Waals surface area contributed by atoms with E-state index in [-0.39, 0.29) is 6.54 Å². The number of carbonyl (C=O) groups is 1. The maximum atomic E-state index is 11.3. The Morgan fingerprint density at radius 2 is 1.97 bits per heavy atom. The molecule has 0 atom stereocenters. The van der Waals surface area contributed by atoms with Gasteiger partial charge in [0.15, 0.2) is 5.65 Å². The molecule has 0 saturated carbocycles. The lowest BCUT2D eigenvalue weighted by atomic mass is 10.1. The van der Waals surface area contributed by atoms with E-state index >= 15 is 0 Å². The summed E-state index contributed by atoms with van der Waals surface area (Å²) in [6, 6.07) is 8.98. The minimum atomic E-state index is -0.474. The molecule has 29 heavy (non-hydrogen) atoms. The van der Waals surface area contributed by atoms with E-state index in [2.05, 4.69) is 20.3 Å². The maximum Gasteiger partial charge on any atom is 0.325 e. The number of ether oxygens (including phenoxy) is 2. The zero-order chi connectivity index (χ0) is 20.1. The highest BCUT2D eigenvalue weighted by Gasteiger charge is 2.12. The number of aromatic nitrogens is 3. The normalized spacial score (nSPS) is 14.8. The van der Waals surface area contributed by atoms with E-state index in [1.165, 1.54) is 0 Å². The third-order valence-corrected chi connectivity index (χ3v) is 4.77. The number of nitrogens with zero attached hydrogens (tertiary/aromatic N) is 4. The van der Waals surface area contributed by atoms with Crippen molar-refractivity contribution in [1.82, 2.24) is 24.8 Å². The molecule has 0 radical (unpaired) electrons. The van der Waals surface area contributed by atoms with Crippen LogP contribution in [0.25, 0.3) is 16.8 Å². The van der Waals surface area contributed by atoms with E-state index in [9.17, 15) is 4.79 Å². The summed E-state index contributed by atoms with van der Waals surface area (Å²) in [5.74, 6) is 0.548. The van der Waals surface area contributed by atoms with Crippen LogP contribution in [0.15, 0.2) is 42.7 Å². The molecule has 1 aliphatic rings. The molecule has 9 heteroatoms. The number of rotatable bonds is 7. The third kappa shape index (κ3) is 4.70. The number of fused-ring (bicyclic) bond motifs is 1. The Morgan fingerprint density at radius 3 is 2.72 bits per heavy atom. The van der Waals surface area contributed by atoms with Crippen LogP contribution in [-0.2, 0) is 4.79 Å². The number of nitrogens with one attached hydrogen (secondary N) is 1. The van der Waals surface area contributed by atoms with Crippen LogP contribution in [0, 0.1) is 0 Å². The molecular formula is C20H24N6O3. The monoisotopic (exact) mass is 396 g/mol. The molecule has 0 bridgehead atoms. The van der Waals surface area contributed by atoms with Crippen molar-refractivity contribution in [1.29, 1.82) is 0 Å². The summed E-state index contributed by atoms with van der Waals surface area (Å²) in [7, 11) is 0. The largest absolute Gasteiger partial charge is 0.476 e. The molecule has 1 saturated heterocycles. The fourth-order valence-electron chi connectivity index (χ4n) is 3.23. The topological polar surface area (TPSA) is 107 Å². The fourth-order valence-corrected chi connectivity index (χ4v) is 3.23. The van der Waals surface area contributed by atoms with Crippen molar-refractivity contribution in [2.75, 3.05) is 45.9 Å². The summed E-state index contributed by atoms with van der Waals surface area (Å²) in [6.07, 6.45) is 3.59. The van der Waals surface area contributed by atoms with Crippen molar-refractivity contribution >= 4 is 11.6 Å². The molecule has 152 valence electrons. The molecule has 0 amide bonds. The van der Waals surface area contributed by atoms with Crippen molar-refractivity contribution in [3.63, 3.8) is 0 Å². The summed E-state index contributed by atoms with van der Waals surface area (Å²) in [5.41, 5.74) is 7.76. The number of nitrogens with two attached hydrogens (primary N) is 1. The van der Waals surface area contributed by atoms with Gasteiger partial charge in [-0.3, -0.25) is 9.69 Å². The van der Waals surface area contributed by atoms with Crippen LogP contribution < -0.4 is 20.5 Å². The molecule has 1 aromatic carbocycles. The molecule has 1 aliphatic heterocycles. The summed E-state index contributed by atoms with van der Waals surface area (Å²) in [6.45, 7) is 5.44. The van der Waals surface area contributed by atoms with Gasteiger partial charge in [-0.15, -0.1) is 0 Å². The van der Waals surface area contributed by atoms with Crippen LogP contribution in [0.5, 0.6) is 11.6 Å². The van der Waals surface area contributed by atoms with Crippen molar-refractivity contribution in [2.45, 2.75) is 0 Å². The second-order valence-corrected chi connectivity index (χ2v) is 6.73. The predicted molar refractivity (Wildman–Crippen MR) is 108 cm³/mol. The first-order valence-corrected chi connectivity index (χ1v) is 9.64. The van der Waals surface area contributed by atoms with Gasteiger partial charge >= 0.3 is 5.97 Å². The Bertz CT molecular complexity index is 966. The molecule has 9 nitrogen and oxygen atoms in total. The Morgan fingerprint density at radius 1 is 1.17 bits per heavy atom. The van der Waals surface area contributed by atoms with Crippen molar-refractivity contribution < 1.29 is 14.3 Å². The van der Waals surface area contributed by atoms with Gasteiger partial charge in [-0.1, -0.05) is 12.1 Å². The second kappa shape index (κ2) is 8.99. The number of hydrogen-bond acceptors (Lipinski definition) is 8. The average molecular weight is 396 g/mol. The summed E-state index contributed by atoms with van der Waals surface area (Å²) < 4.78 is 12.7. The van der Waals surface area contributed by atoms with Crippen LogP contribution in [-0.4, -0.2) is 71.3 Å². The third-order valence-electron chi connectivity index (χ3n) is 4.77. The Hall–Kier alpha value is -3.01. The first-order chi connectivity index (χ1) is 14.2. The Labute approximate surface area is 168 Å². The first kappa shape index (κ1) is 19.3. The molecule has 1 fully saturated rings. The molecule has 2 aromatic heterocycles. The smallest absolute Gasteiger partial charge is 0.325 e.